The van der Waals surface area contributed by atoms with Crippen molar-refractivity contribution in [2.75, 3.05) is 11.4 Å². The maximum Gasteiger partial charge on any atom is 0.355 e. The third kappa shape index (κ3) is 3.69. The number of carbonyl (C=O) groups excluding carboxylic acids is 2. The summed E-state index contributed by atoms with van der Waals surface area (Å²) in [6.07, 6.45) is -0.0963. The van der Waals surface area contributed by atoms with Crippen molar-refractivity contribution < 1.29 is 28.3 Å². The lowest BCUT2D eigenvalue weighted by molar-refractivity contribution is -0.126. The van der Waals surface area contributed by atoms with Crippen molar-refractivity contribution in [2.45, 2.75) is 13.0 Å². The molecule has 3 rings (SSSR count). The molecular weight excluding hydrogens is 368 g/mol. The molecule has 2 heterocycles. The number of anilines is 1. The summed E-state index contributed by atoms with van der Waals surface area (Å²) in [4.78, 5) is 40.1. The number of thiazole rings is 1. The molecule has 2 aromatic rings. The van der Waals surface area contributed by atoms with Gasteiger partial charge in [-0.15, -0.1) is 11.3 Å². The molecule has 0 bridgehead atoms. The minimum absolute atomic E-state index is 0.0224. The number of amides is 2. The number of rotatable bonds is 5. The summed E-state index contributed by atoms with van der Waals surface area (Å²) in [7, 11) is 0. The van der Waals surface area contributed by atoms with Crippen molar-refractivity contribution in [1.82, 2.24) is 10.3 Å². The summed E-state index contributed by atoms with van der Waals surface area (Å²) in [5.41, 5.74) is -0.175. The first-order valence-electron chi connectivity index (χ1n) is 7.56. The fourth-order valence-corrected chi connectivity index (χ4v) is 3.32. The van der Waals surface area contributed by atoms with E-state index in [-0.39, 0.29) is 30.9 Å². The molecule has 1 atom stereocenters. The van der Waals surface area contributed by atoms with Crippen molar-refractivity contribution in [3.8, 4) is 0 Å². The Morgan fingerprint density at radius 1 is 1.38 bits per heavy atom. The third-order valence-electron chi connectivity index (χ3n) is 3.88. The molecule has 0 saturated carbocycles. The first-order chi connectivity index (χ1) is 12.3. The van der Waals surface area contributed by atoms with Crippen LogP contribution in [0, 0.1) is 17.6 Å². The molecule has 1 saturated heterocycles. The number of nitrogens with zero attached hydrogens (tertiary/aromatic N) is 2. The number of carboxylic acids is 1. The van der Waals surface area contributed by atoms with Crippen molar-refractivity contribution >= 4 is 34.8 Å². The standard InChI is InChI=1S/C16H13F2N3O4S/c17-9-1-2-12(10(18)4-9)21-6-8(3-14(21)22)15(23)19-5-13-20-11(7-26-13)16(24)25/h1-2,4,7-8H,3,5-6H2,(H,19,23)(H,24,25)/t8-/m1/s1. The molecule has 26 heavy (non-hydrogen) atoms. The van der Waals surface area contributed by atoms with E-state index in [0.717, 1.165) is 28.4 Å². The van der Waals surface area contributed by atoms with Crippen LogP contribution in [0.5, 0.6) is 0 Å². The van der Waals surface area contributed by atoms with Crippen LogP contribution in [0.3, 0.4) is 0 Å². The maximum absolute atomic E-state index is 13.9. The van der Waals surface area contributed by atoms with E-state index in [1.54, 1.807) is 0 Å². The second-order valence-corrected chi connectivity index (χ2v) is 6.59. The van der Waals surface area contributed by atoms with E-state index in [2.05, 4.69) is 10.3 Å². The summed E-state index contributed by atoms with van der Waals surface area (Å²) >= 11 is 1.09. The lowest BCUT2D eigenvalue weighted by atomic mass is 10.1. The lowest BCUT2D eigenvalue weighted by Gasteiger charge is -2.17. The highest BCUT2D eigenvalue weighted by atomic mass is 32.1. The normalized spacial score (nSPS) is 16.8. The number of aromatic nitrogens is 1. The minimum atomic E-state index is -1.16. The summed E-state index contributed by atoms with van der Waals surface area (Å²) in [6.45, 7) is 0.0117. The van der Waals surface area contributed by atoms with Crippen LogP contribution in [0.2, 0.25) is 0 Å². The van der Waals surface area contributed by atoms with Crippen molar-refractivity contribution in [3.05, 3.63) is 45.9 Å². The van der Waals surface area contributed by atoms with Gasteiger partial charge in [0.15, 0.2) is 5.69 Å². The Kier molecular flexibility index (Phi) is 4.94. The monoisotopic (exact) mass is 381 g/mol. The minimum Gasteiger partial charge on any atom is -0.476 e. The van der Waals surface area contributed by atoms with Crippen LogP contribution in [-0.4, -0.2) is 34.4 Å². The van der Waals surface area contributed by atoms with Gasteiger partial charge < -0.3 is 15.3 Å². The highest BCUT2D eigenvalue weighted by Gasteiger charge is 2.36. The van der Waals surface area contributed by atoms with Crippen LogP contribution in [0.15, 0.2) is 23.6 Å². The summed E-state index contributed by atoms with van der Waals surface area (Å²) in [6, 6.07) is 2.88. The average molecular weight is 381 g/mol. The van der Waals surface area contributed by atoms with Gasteiger partial charge in [-0.2, -0.15) is 0 Å². The molecule has 2 amide bonds. The Bertz CT molecular complexity index is 886. The molecule has 7 nitrogen and oxygen atoms in total. The highest BCUT2D eigenvalue weighted by Crippen LogP contribution is 2.28. The van der Waals surface area contributed by atoms with Crippen molar-refractivity contribution in [1.29, 1.82) is 0 Å². The van der Waals surface area contributed by atoms with E-state index in [0.29, 0.717) is 11.1 Å². The van der Waals surface area contributed by atoms with Gasteiger partial charge in [0.25, 0.3) is 0 Å². The summed E-state index contributed by atoms with van der Waals surface area (Å²) in [5.74, 6) is -4.32. The number of hydrogen-bond donors (Lipinski definition) is 2. The number of benzene rings is 1. The predicted octanol–water partition coefficient (Wildman–Crippen LogP) is 1.79. The van der Waals surface area contributed by atoms with Crippen LogP contribution in [0.1, 0.15) is 21.9 Å². The van der Waals surface area contributed by atoms with Crippen molar-refractivity contribution in [2.24, 2.45) is 5.92 Å². The predicted molar refractivity (Wildman–Crippen MR) is 87.7 cm³/mol. The molecule has 0 unspecified atom stereocenters. The van der Waals surface area contributed by atoms with Gasteiger partial charge in [0.05, 0.1) is 18.2 Å². The van der Waals surface area contributed by atoms with Crippen LogP contribution in [-0.2, 0) is 16.1 Å². The van der Waals surface area contributed by atoms with Gasteiger partial charge in [-0.1, -0.05) is 0 Å². The molecule has 0 aliphatic carbocycles. The fourth-order valence-electron chi connectivity index (χ4n) is 2.61. The molecule has 1 fully saturated rings. The number of carbonyl (C=O) groups is 3. The SMILES string of the molecule is O=C(O)c1csc(CNC(=O)[C@@H]2CC(=O)N(c3ccc(F)cc3F)C2)n1. The van der Waals surface area contributed by atoms with Gasteiger partial charge in [-0.3, -0.25) is 9.59 Å². The molecule has 0 spiro atoms. The van der Waals surface area contributed by atoms with Gasteiger partial charge in [-0.25, -0.2) is 18.6 Å². The number of nitrogens with one attached hydrogen (secondary N) is 1. The fraction of sp³-hybridized carbons (Fsp3) is 0.250. The van der Waals surface area contributed by atoms with E-state index in [1.165, 1.54) is 5.38 Å². The van der Waals surface area contributed by atoms with Gasteiger partial charge in [0.1, 0.15) is 16.6 Å². The van der Waals surface area contributed by atoms with Gasteiger partial charge in [-0.05, 0) is 12.1 Å². The molecule has 1 aromatic carbocycles. The van der Waals surface area contributed by atoms with Crippen LogP contribution in [0.4, 0.5) is 14.5 Å². The summed E-state index contributed by atoms with van der Waals surface area (Å²) in [5, 5.41) is 13.2. The van der Waals surface area contributed by atoms with E-state index in [9.17, 15) is 23.2 Å². The smallest absolute Gasteiger partial charge is 0.355 e. The first-order valence-corrected chi connectivity index (χ1v) is 8.44. The quantitative estimate of drug-likeness (QED) is 0.823. The number of halogens is 2. The zero-order valence-electron chi connectivity index (χ0n) is 13.2. The van der Waals surface area contributed by atoms with E-state index >= 15 is 0 Å². The van der Waals surface area contributed by atoms with E-state index in [1.807, 2.05) is 0 Å². The Labute approximate surface area is 150 Å². The Hall–Kier alpha value is -2.88. The maximum atomic E-state index is 13.9. The van der Waals surface area contributed by atoms with Gasteiger partial charge in [0.2, 0.25) is 11.8 Å². The molecule has 0 radical (unpaired) electrons. The molecule has 1 aromatic heterocycles. The zero-order valence-corrected chi connectivity index (χ0v) is 14.1. The Balaban J connectivity index is 1.62. The lowest BCUT2D eigenvalue weighted by Crippen LogP contribution is -2.32. The molecule has 1 aliphatic heterocycles. The average Bonchev–Trinajstić information content (AvgIpc) is 3.20. The summed E-state index contributed by atoms with van der Waals surface area (Å²) < 4.78 is 26.9. The van der Waals surface area contributed by atoms with Crippen LogP contribution >= 0.6 is 11.3 Å². The number of hydrogen-bond acceptors (Lipinski definition) is 5. The van der Waals surface area contributed by atoms with Gasteiger partial charge >= 0.3 is 5.97 Å². The Morgan fingerprint density at radius 3 is 2.81 bits per heavy atom. The molecule has 10 heteroatoms. The highest BCUT2D eigenvalue weighted by molar-refractivity contribution is 7.09. The van der Waals surface area contributed by atoms with Crippen LogP contribution in [0.25, 0.3) is 0 Å². The van der Waals surface area contributed by atoms with Gasteiger partial charge in [0, 0.05) is 24.4 Å². The Morgan fingerprint density at radius 2 is 2.15 bits per heavy atom. The second-order valence-electron chi connectivity index (χ2n) is 5.65. The molecule has 1 aliphatic rings. The first kappa shape index (κ1) is 17.9. The third-order valence-corrected chi connectivity index (χ3v) is 4.73. The van der Waals surface area contributed by atoms with E-state index < -0.39 is 35.3 Å². The van der Waals surface area contributed by atoms with E-state index in [4.69, 9.17) is 5.11 Å². The largest absolute Gasteiger partial charge is 0.476 e. The topological polar surface area (TPSA) is 99.6 Å². The zero-order chi connectivity index (χ0) is 18.8. The number of carboxylic acid groups (broad SMARTS) is 1. The second kappa shape index (κ2) is 7.16. The number of aromatic carboxylic acids is 1. The van der Waals surface area contributed by atoms with Crippen molar-refractivity contribution in [3.63, 3.8) is 0 Å². The van der Waals surface area contributed by atoms with Crippen LogP contribution < -0.4 is 10.2 Å². The molecular formula is C16H13F2N3O4S. The molecule has 136 valence electrons. The molecule has 2 N–H and O–H groups in total.